The van der Waals surface area contributed by atoms with E-state index in [9.17, 15) is 14.7 Å². The molecule has 0 saturated carbocycles. The number of carboxylic acid groups (broad SMARTS) is 1. The second kappa shape index (κ2) is 7.15. The minimum absolute atomic E-state index is 0.0898. The minimum Gasteiger partial charge on any atom is -0.480 e. The number of hydrogen-bond donors (Lipinski definition) is 2. The molecular weight excluding hydrogens is 314 g/mol. The molecule has 1 aromatic rings. The van der Waals surface area contributed by atoms with Crippen LogP contribution in [-0.4, -0.2) is 51.4 Å². The van der Waals surface area contributed by atoms with Gasteiger partial charge in [-0.25, -0.2) is 4.79 Å². The number of aliphatic hydroxyl groups is 1. The summed E-state index contributed by atoms with van der Waals surface area (Å²) in [5, 5.41) is 19.2. The van der Waals surface area contributed by atoms with Gasteiger partial charge < -0.3 is 15.1 Å². The summed E-state index contributed by atoms with van der Waals surface area (Å²) in [6, 6.07) is 6.44. The fraction of sp³-hybridized carbons (Fsp3) is 0.429. The van der Waals surface area contributed by atoms with Crippen LogP contribution in [0.1, 0.15) is 12.8 Å². The number of hydrogen-bond acceptors (Lipinski definition) is 4. The van der Waals surface area contributed by atoms with E-state index < -0.39 is 18.1 Å². The van der Waals surface area contributed by atoms with E-state index in [4.69, 9.17) is 16.7 Å². The van der Waals surface area contributed by atoms with Crippen LogP contribution in [-0.2, 0) is 9.59 Å². The van der Waals surface area contributed by atoms with Crippen molar-refractivity contribution in [2.45, 2.75) is 29.9 Å². The second-order valence-corrected chi connectivity index (χ2v) is 6.36. The number of nitrogens with zero attached hydrogens (tertiary/aromatic N) is 1. The first kappa shape index (κ1) is 16.1. The third-order valence-corrected chi connectivity index (χ3v) is 4.81. The first-order valence-electron chi connectivity index (χ1n) is 6.56. The van der Waals surface area contributed by atoms with Crippen LogP contribution in [0.25, 0.3) is 0 Å². The minimum atomic E-state index is -1.07. The van der Waals surface area contributed by atoms with Gasteiger partial charge in [-0.15, -0.1) is 11.8 Å². The molecule has 114 valence electrons. The van der Waals surface area contributed by atoms with Crippen molar-refractivity contribution in [2.24, 2.45) is 0 Å². The lowest BCUT2D eigenvalue weighted by Gasteiger charge is -2.21. The normalized spacial score (nSPS) is 21.5. The molecule has 1 aliphatic heterocycles. The van der Waals surface area contributed by atoms with E-state index in [0.29, 0.717) is 10.8 Å². The monoisotopic (exact) mass is 329 g/mol. The predicted molar refractivity (Wildman–Crippen MR) is 80.6 cm³/mol. The standard InChI is InChI=1S/C14H16ClNO4S/c15-10-3-1-2-4-12(10)21-6-5-13(18)16-8-9(17)7-11(16)14(19)20/h1-4,9,11,17H,5-8H2,(H,19,20)/t9-,11-/m0/s1. The summed E-state index contributed by atoms with van der Waals surface area (Å²) >= 11 is 7.48. The van der Waals surface area contributed by atoms with Gasteiger partial charge in [0.05, 0.1) is 11.1 Å². The molecule has 21 heavy (non-hydrogen) atoms. The van der Waals surface area contributed by atoms with Gasteiger partial charge in [0.1, 0.15) is 6.04 Å². The number of amides is 1. The fourth-order valence-electron chi connectivity index (χ4n) is 2.28. The molecular formula is C14H16ClNO4S. The van der Waals surface area contributed by atoms with Crippen LogP contribution in [0, 0.1) is 0 Å². The van der Waals surface area contributed by atoms with Crippen molar-refractivity contribution in [1.29, 1.82) is 0 Å². The Kier molecular flexibility index (Phi) is 5.50. The largest absolute Gasteiger partial charge is 0.480 e. The molecule has 1 saturated heterocycles. The van der Waals surface area contributed by atoms with E-state index >= 15 is 0 Å². The van der Waals surface area contributed by atoms with Crippen LogP contribution in [0.4, 0.5) is 0 Å². The Morgan fingerprint density at radius 2 is 2.10 bits per heavy atom. The summed E-state index contributed by atoms with van der Waals surface area (Å²) in [5.74, 6) is -0.807. The average molecular weight is 330 g/mol. The molecule has 1 amide bonds. The highest BCUT2D eigenvalue weighted by Gasteiger charge is 2.38. The molecule has 7 heteroatoms. The van der Waals surface area contributed by atoms with Gasteiger partial charge in [-0.1, -0.05) is 23.7 Å². The van der Waals surface area contributed by atoms with E-state index in [0.717, 1.165) is 4.90 Å². The number of carbonyl (C=O) groups is 2. The van der Waals surface area contributed by atoms with E-state index in [1.807, 2.05) is 18.2 Å². The molecule has 1 heterocycles. The summed E-state index contributed by atoms with van der Waals surface area (Å²) in [7, 11) is 0. The third kappa shape index (κ3) is 4.12. The Morgan fingerprint density at radius 3 is 2.76 bits per heavy atom. The molecule has 0 unspecified atom stereocenters. The lowest BCUT2D eigenvalue weighted by Crippen LogP contribution is -2.40. The molecule has 0 aliphatic carbocycles. The van der Waals surface area contributed by atoms with Crippen LogP contribution in [0.3, 0.4) is 0 Å². The topological polar surface area (TPSA) is 77.8 Å². The maximum atomic E-state index is 12.1. The van der Waals surface area contributed by atoms with Crippen LogP contribution >= 0.6 is 23.4 Å². The van der Waals surface area contributed by atoms with Crippen LogP contribution in [0.15, 0.2) is 29.2 Å². The van der Waals surface area contributed by atoms with Crippen molar-refractivity contribution in [2.75, 3.05) is 12.3 Å². The highest BCUT2D eigenvalue weighted by atomic mass is 35.5. The van der Waals surface area contributed by atoms with Crippen molar-refractivity contribution < 1.29 is 19.8 Å². The Labute approximate surface area is 131 Å². The van der Waals surface area contributed by atoms with E-state index in [1.165, 1.54) is 16.7 Å². The third-order valence-electron chi connectivity index (χ3n) is 3.29. The first-order chi connectivity index (χ1) is 9.99. The highest BCUT2D eigenvalue weighted by Crippen LogP contribution is 2.27. The van der Waals surface area contributed by atoms with Gasteiger partial charge >= 0.3 is 5.97 Å². The van der Waals surface area contributed by atoms with Crippen LogP contribution < -0.4 is 0 Å². The Bertz CT molecular complexity index is 539. The Morgan fingerprint density at radius 1 is 1.38 bits per heavy atom. The van der Waals surface area contributed by atoms with Crippen molar-refractivity contribution in [3.63, 3.8) is 0 Å². The van der Waals surface area contributed by atoms with Gasteiger partial charge in [0.25, 0.3) is 0 Å². The van der Waals surface area contributed by atoms with Crippen LogP contribution in [0.5, 0.6) is 0 Å². The number of aliphatic hydroxyl groups excluding tert-OH is 1. The number of thioether (sulfide) groups is 1. The zero-order valence-electron chi connectivity index (χ0n) is 11.2. The zero-order valence-corrected chi connectivity index (χ0v) is 12.8. The molecule has 1 aliphatic rings. The molecule has 0 aromatic heterocycles. The van der Waals surface area contributed by atoms with Crippen molar-refractivity contribution >= 4 is 35.2 Å². The van der Waals surface area contributed by atoms with Gasteiger partial charge in [0.15, 0.2) is 0 Å². The number of aliphatic carboxylic acids is 1. The molecule has 2 atom stereocenters. The van der Waals surface area contributed by atoms with Gasteiger partial charge in [0, 0.05) is 30.0 Å². The lowest BCUT2D eigenvalue weighted by molar-refractivity contribution is -0.148. The molecule has 0 spiro atoms. The smallest absolute Gasteiger partial charge is 0.326 e. The first-order valence-corrected chi connectivity index (χ1v) is 7.93. The number of likely N-dealkylation sites (tertiary alicyclic amines) is 1. The molecule has 2 rings (SSSR count). The zero-order chi connectivity index (χ0) is 15.4. The fourth-order valence-corrected chi connectivity index (χ4v) is 3.45. The van der Waals surface area contributed by atoms with Crippen molar-refractivity contribution in [1.82, 2.24) is 4.90 Å². The lowest BCUT2D eigenvalue weighted by atomic mass is 10.2. The predicted octanol–water partition coefficient (Wildman–Crippen LogP) is 1.87. The van der Waals surface area contributed by atoms with Crippen molar-refractivity contribution in [3.05, 3.63) is 29.3 Å². The number of carbonyl (C=O) groups excluding carboxylic acids is 1. The summed E-state index contributed by atoms with van der Waals surface area (Å²) in [6.07, 6.45) is -0.447. The maximum absolute atomic E-state index is 12.1. The van der Waals surface area contributed by atoms with E-state index in [2.05, 4.69) is 0 Å². The number of β-amino-alcohol motifs (C(OH)–C–C–N with tert-alkyl or cyclic N) is 1. The summed E-state index contributed by atoms with van der Waals surface area (Å²) in [4.78, 5) is 25.3. The number of halogens is 1. The molecule has 1 aromatic carbocycles. The van der Waals surface area contributed by atoms with Gasteiger partial charge in [-0.2, -0.15) is 0 Å². The molecule has 2 N–H and O–H groups in total. The molecule has 0 bridgehead atoms. The number of carboxylic acids is 1. The number of benzene rings is 1. The van der Waals surface area contributed by atoms with Crippen molar-refractivity contribution in [3.8, 4) is 0 Å². The Balaban J connectivity index is 1.87. The summed E-state index contributed by atoms with van der Waals surface area (Å²) in [6.45, 7) is 0.0898. The van der Waals surface area contributed by atoms with E-state index in [-0.39, 0.29) is 25.3 Å². The molecule has 0 radical (unpaired) electrons. The SMILES string of the molecule is O=C(O)[C@@H]1C[C@H](O)CN1C(=O)CCSc1ccccc1Cl. The van der Waals surface area contributed by atoms with Gasteiger partial charge in [-0.3, -0.25) is 4.79 Å². The van der Waals surface area contributed by atoms with Crippen LogP contribution in [0.2, 0.25) is 5.02 Å². The van der Waals surface area contributed by atoms with Gasteiger partial charge in [-0.05, 0) is 12.1 Å². The maximum Gasteiger partial charge on any atom is 0.326 e. The summed E-state index contributed by atoms with van der Waals surface area (Å²) in [5.41, 5.74) is 0. The van der Waals surface area contributed by atoms with E-state index in [1.54, 1.807) is 6.07 Å². The molecule has 1 fully saturated rings. The van der Waals surface area contributed by atoms with Gasteiger partial charge in [0.2, 0.25) is 5.91 Å². The quantitative estimate of drug-likeness (QED) is 0.806. The second-order valence-electron chi connectivity index (χ2n) is 4.82. The molecule has 5 nitrogen and oxygen atoms in total. The number of rotatable bonds is 5. The Hall–Kier alpha value is -1.24. The summed E-state index contributed by atoms with van der Waals surface area (Å²) < 4.78 is 0. The average Bonchev–Trinajstić information content (AvgIpc) is 2.83. The highest BCUT2D eigenvalue weighted by molar-refractivity contribution is 7.99.